The number of nitrogens with one attached hydrogen (secondary N) is 2. The van der Waals surface area contributed by atoms with E-state index in [4.69, 9.17) is 4.42 Å². The highest BCUT2D eigenvalue weighted by molar-refractivity contribution is 5.86. The molecule has 2 aromatic heterocycles. The van der Waals surface area contributed by atoms with Gasteiger partial charge in [0.05, 0.1) is 25.5 Å². The quantitative estimate of drug-likeness (QED) is 0.757. The second kappa shape index (κ2) is 6.60. The number of carbonyl (C=O) groups is 2. The Morgan fingerprint density at radius 2 is 2.24 bits per heavy atom. The molecule has 0 saturated carbocycles. The lowest BCUT2D eigenvalue weighted by Gasteiger charge is -2.01. The average molecular weight is 292 g/mol. The normalized spacial score (nSPS) is 10.2. The van der Waals surface area contributed by atoms with E-state index in [1.165, 1.54) is 11.8 Å². The van der Waals surface area contributed by atoms with E-state index in [1.54, 1.807) is 31.6 Å². The zero-order valence-electron chi connectivity index (χ0n) is 11.8. The topological polar surface area (TPSA) is 98.4 Å². The Balaban J connectivity index is 1.89. The zero-order chi connectivity index (χ0) is 15.2. The molecule has 2 N–H and O–H groups in total. The second-order valence-electron chi connectivity index (χ2n) is 4.21. The lowest BCUT2D eigenvalue weighted by Crippen LogP contribution is -2.23. The Morgan fingerprint density at radius 1 is 1.43 bits per heavy atom. The highest BCUT2D eigenvalue weighted by Gasteiger charge is 2.11. The van der Waals surface area contributed by atoms with Crippen molar-refractivity contribution >= 4 is 17.6 Å². The fourth-order valence-corrected chi connectivity index (χ4v) is 1.64. The van der Waals surface area contributed by atoms with Gasteiger partial charge >= 0.3 is 5.97 Å². The standard InChI is InChI=1S/C13H16N4O4/c1-14-12(18)8-17-7-9(5-16-17)15-6-10-3-4-11(21-10)13(19)20-2/h3-5,7,15H,6,8H2,1-2H3,(H,14,18). The maximum Gasteiger partial charge on any atom is 0.373 e. The summed E-state index contributed by atoms with van der Waals surface area (Å²) < 4.78 is 11.4. The van der Waals surface area contributed by atoms with Crippen molar-refractivity contribution in [3.63, 3.8) is 0 Å². The third-order valence-electron chi connectivity index (χ3n) is 2.73. The molecule has 2 heterocycles. The molecule has 0 bridgehead atoms. The number of anilines is 1. The van der Waals surface area contributed by atoms with Gasteiger partial charge in [0.25, 0.3) is 0 Å². The average Bonchev–Trinajstić information content (AvgIpc) is 3.13. The summed E-state index contributed by atoms with van der Waals surface area (Å²) >= 11 is 0. The van der Waals surface area contributed by atoms with Crippen molar-refractivity contribution in [3.05, 3.63) is 36.0 Å². The van der Waals surface area contributed by atoms with Crippen LogP contribution in [0.25, 0.3) is 0 Å². The van der Waals surface area contributed by atoms with Crippen molar-refractivity contribution in [3.8, 4) is 0 Å². The molecule has 21 heavy (non-hydrogen) atoms. The maximum atomic E-state index is 11.2. The number of methoxy groups -OCH3 is 1. The third kappa shape index (κ3) is 3.85. The monoisotopic (exact) mass is 292 g/mol. The van der Waals surface area contributed by atoms with Crippen LogP contribution in [0.4, 0.5) is 5.69 Å². The maximum absolute atomic E-state index is 11.2. The molecule has 2 rings (SSSR count). The fourth-order valence-electron chi connectivity index (χ4n) is 1.64. The predicted octanol–water partition coefficient (Wildman–Crippen LogP) is 0.621. The molecule has 2 aromatic rings. The molecule has 1 amide bonds. The van der Waals surface area contributed by atoms with Gasteiger partial charge in [-0.25, -0.2) is 4.79 Å². The largest absolute Gasteiger partial charge is 0.463 e. The molecule has 0 aliphatic rings. The Morgan fingerprint density at radius 3 is 2.95 bits per heavy atom. The van der Waals surface area contributed by atoms with Crippen molar-refractivity contribution < 1.29 is 18.7 Å². The number of carbonyl (C=O) groups excluding carboxylic acids is 2. The van der Waals surface area contributed by atoms with Gasteiger partial charge in [-0.15, -0.1) is 0 Å². The summed E-state index contributed by atoms with van der Waals surface area (Å²) in [4.78, 5) is 22.5. The van der Waals surface area contributed by atoms with Crippen LogP contribution in [0.2, 0.25) is 0 Å². The van der Waals surface area contributed by atoms with Crippen LogP contribution in [0.15, 0.2) is 28.9 Å². The number of furan rings is 1. The highest BCUT2D eigenvalue weighted by atomic mass is 16.5. The molecule has 0 aliphatic heterocycles. The van der Waals surface area contributed by atoms with Gasteiger partial charge in [0.15, 0.2) is 0 Å². The summed E-state index contributed by atoms with van der Waals surface area (Å²) in [5.74, 6) is 0.108. The summed E-state index contributed by atoms with van der Waals surface area (Å²) in [6.07, 6.45) is 3.31. The van der Waals surface area contributed by atoms with Gasteiger partial charge in [0.1, 0.15) is 12.3 Å². The molecule has 0 fully saturated rings. The van der Waals surface area contributed by atoms with Gasteiger partial charge < -0.3 is 19.8 Å². The number of amides is 1. The molecular formula is C13H16N4O4. The predicted molar refractivity (Wildman–Crippen MR) is 73.7 cm³/mol. The summed E-state index contributed by atoms with van der Waals surface area (Å²) in [6.45, 7) is 0.550. The molecule has 8 nitrogen and oxygen atoms in total. The molecule has 0 aliphatic carbocycles. The molecular weight excluding hydrogens is 276 g/mol. The van der Waals surface area contributed by atoms with Crippen molar-refractivity contribution in [1.82, 2.24) is 15.1 Å². The number of esters is 1. The van der Waals surface area contributed by atoms with Crippen molar-refractivity contribution in [2.75, 3.05) is 19.5 Å². The van der Waals surface area contributed by atoms with Gasteiger partial charge in [-0.1, -0.05) is 0 Å². The SMILES string of the molecule is CNC(=O)Cn1cc(NCc2ccc(C(=O)OC)o2)cn1. The van der Waals surface area contributed by atoms with Crippen molar-refractivity contribution in [1.29, 1.82) is 0 Å². The molecule has 0 radical (unpaired) electrons. The molecule has 8 heteroatoms. The van der Waals surface area contributed by atoms with Crippen LogP contribution in [0.5, 0.6) is 0 Å². The first-order chi connectivity index (χ1) is 10.1. The molecule has 0 atom stereocenters. The zero-order valence-corrected chi connectivity index (χ0v) is 11.8. The van der Waals surface area contributed by atoms with Crippen molar-refractivity contribution in [2.24, 2.45) is 0 Å². The van der Waals surface area contributed by atoms with Gasteiger partial charge in [0, 0.05) is 13.2 Å². The van der Waals surface area contributed by atoms with Gasteiger partial charge in [0.2, 0.25) is 11.7 Å². The summed E-state index contributed by atoms with van der Waals surface area (Å²) in [5.41, 5.74) is 0.745. The smallest absolute Gasteiger partial charge is 0.373 e. The van der Waals surface area contributed by atoms with Gasteiger partial charge in [-0.3, -0.25) is 9.48 Å². The second-order valence-corrected chi connectivity index (χ2v) is 4.21. The lowest BCUT2D eigenvalue weighted by molar-refractivity contribution is -0.121. The summed E-state index contributed by atoms with van der Waals surface area (Å²) in [5, 5.41) is 9.65. The van der Waals surface area contributed by atoms with E-state index in [0.29, 0.717) is 12.3 Å². The number of ether oxygens (including phenoxy) is 1. The highest BCUT2D eigenvalue weighted by Crippen LogP contribution is 2.12. The Kier molecular flexibility index (Phi) is 4.60. The molecule has 0 aromatic carbocycles. The van der Waals surface area contributed by atoms with E-state index in [2.05, 4.69) is 20.5 Å². The first-order valence-corrected chi connectivity index (χ1v) is 6.26. The number of hydrogen-bond donors (Lipinski definition) is 2. The van der Waals surface area contributed by atoms with Gasteiger partial charge in [-0.05, 0) is 12.1 Å². The molecule has 112 valence electrons. The fraction of sp³-hybridized carbons (Fsp3) is 0.308. The van der Waals surface area contributed by atoms with Crippen LogP contribution in [0.1, 0.15) is 16.3 Å². The van der Waals surface area contributed by atoms with Crippen LogP contribution in [0.3, 0.4) is 0 Å². The van der Waals surface area contributed by atoms with Crippen LogP contribution >= 0.6 is 0 Å². The van der Waals surface area contributed by atoms with Crippen LogP contribution in [0, 0.1) is 0 Å². The number of rotatable bonds is 6. The first-order valence-electron chi connectivity index (χ1n) is 6.26. The van der Waals surface area contributed by atoms with E-state index >= 15 is 0 Å². The van der Waals surface area contributed by atoms with Crippen LogP contribution in [-0.4, -0.2) is 35.8 Å². The molecule has 0 unspecified atom stereocenters. The third-order valence-corrected chi connectivity index (χ3v) is 2.73. The summed E-state index contributed by atoms with van der Waals surface area (Å²) in [7, 11) is 2.87. The van der Waals surface area contributed by atoms with E-state index in [1.807, 2.05) is 0 Å². The Hall–Kier alpha value is -2.77. The van der Waals surface area contributed by atoms with E-state index in [-0.39, 0.29) is 18.2 Å². The lowest BCUT2D eigenvalue weighted by atomic mass is 10.4. The molecule has 0 saturated heterocycles. The van der Waals surface area contributed by atoms with Crippen LogP contribution < -0.4 is 10.6 Å². The van der Waals surface area contributed by atoms with E-state index < -0.39 is 5.97 Å². The van der Waals surface area contributed by atoms with Crippen LogP contribution in [-0.2, 0) is 22.6 Å². The Labute approximate surface area is 121 Å². The minimum Gasteiger partial charge on any atom is -0.463 e. The number of nitrogens with zero attached hydrogens (tertiary/aromatic N) is 2. The number of aromatic nitrogens is 2. The Bertz CT molecular complexity index is 632. The molecule has 0 spiro atoms. The number of likely N-dealkylation sites (N-methyl/N-ethyl adjacent to an activating group) is 1. The summed E-state index contributed by atoms with van der Waals surface area (Å²) in [6, 6.07) is 3.24. The van der Waals surface area contributed by atoms with E-state index in [0.717, 1.165) is 5.69 Å². The minimum atomic E-state index is -0.514. The minimum absolute atomic E-state index is 0.126. The number of hydrogen-bond acceptors (Lipinski definition) is 6. The first kappa shape index (κ1) is 14.6. The van der Waals surface area contributed by atoms with Gasteiger partial charge in [-0.2, -0.15) is 5.10 Å². The van der Waals surface area contributed by atoms with Crippen molar-refractivity contribution in [2.45, 2.75) is 13.1 Å². The van der Waals surface area contributed by atoms with E-state index in [9.17, 15) is 9.59 Å².